The average molecular weight is 233 g/mol. The van der Waals surface area contributed by atoms with Gasteiger partial charge >= 0.3 is 11.9 Å². The zero-order chi connectivity index (χ0) is 12.4. The van der Waals surface area contributed by atoms with Crippen LogP contribution < -0.4 is 0 Å². The highest BCUT2D eigenvalue weighted by molar-refractivity contribution is 6.02. The zero-order valence-corrected chi connectivity index (χ0v) is 8.41. The standard InChI is InChI=1S/C10H7N3O4/c14-9(15)6-2-1-5(3-7(6)10(16)17)8-4-11-13-12-8/h1-4H,(H,14,15)(H,16,17)(H,11,12,13). The van der Waals surface area contributed by atoms with Crippen molar-refractivity contribution in [2.75, 3.05) is 0 Å². The van der Waals surface area contributed by atoms with E-state index in [4.69, 9.17) is 10.2 Å². The molecule has 0 radical (unpaired) electrons. The lowest BCUT2D eigenvalue weighted by molar-refractivity contribution is 0.0651. The number of nitrogens with one attached hydrogen (secondary N) is 1. The predicted molar refractivity (Wildman–Crippen MR) is 55.7 cm³/mol. The number of carboxylic acids is 2. The second-order valence-electron chi connectivity index (χ2n) is 3.23. The normalized spacial score (nSPS) is 10.1. The van der Waals surface area contributed by atoms with Crippen LogP contribution in [0.1, 0.15) is 20.7 Å². The highest BCUT2D eigenvalue weighted by Gasteiger charge is 2.17. The van der Waals surface area contributed by atoms with E-state index in [1.807, 2.05) is 0 Å². The third-order valence-corrected chi connectivity index (χ3v) is 2.19. The summed E-state index contributed by atoms with van der Waals surface area (Å²) in [4.78, 5) is 21.8. The summed E-state index contributed by atoms with van der Waals surface area (Å²) < 4.78 is 0. The molecule has 0 saturated heterocycles. The number of benzene rings is 1. The van der Waals surface area contributed by atoms with Crippen molar-refractivity contribution in [1.82, 2.24) is 15.4 Å². The summed E-state index contributed by atoms with van der Waals surface area (Å²) in [6.45, 7) is 0. The minimum absolute atomic E-state index is 0.259. The van der Waals surface area contributed by atoms with Gasteiger partial charge in [0.05, 0.1) is 17.3 Å². The molecule has 0 spiro atoms. The molecule has 86 valence electrons. The van der Waals surface area contributed by atoms with Gasteiger partial charge in [-0.3, -0.25) is 0 Å². The van der Waals surface area contributed by atoms with Gasteiger partial charge in [-0.2, -0.15) is 15.4 Å². The summed E-state index contributed by atoms with van der Waals surface area (Å²) in [5.74, 6) is -2.58. The van der Waals surface area contributed by atoms with Crippen LogP contribution in [0, 0.1) is 0 Å². The van der Waals surface area contributed by atoms with Gasteiger partial charge in [0.2, 0.25) is 0 Å². The number of aromatic nitrogens is 3. The van der Waals surface area contributed by atoms with Crippen LogP contribution in [0.4, 0.5) is 0 Å². The van der Waals surface area contributed by atoms with E-state index in [1.165, 1.54) is 24.4 Å². The van der Waals surface area contributed by atoms with Crippen LogP contribution in [0.15, 0.2) is 24.4 Å². The number of H-pyrrole nitrogens is 1. The summed E-state index contributed by atoms with van der Waals surface area (Å²) >= 11 is 0. The largest absolute Gasteiger partial charge is 0.478 e. The summed E-state index contributed by atoms with van der Waals surface area (Å²) in [6.07, 6.45) is 1.42. The second kappa shape index (κ2) is 4.05. The van der Waals surface area contributed by atoms with Crippen molar-refractivity contribution in [3.8, 4) is 11.3 Å². The Labute approximate surface area is 94.7 Å². The Kier molecular flexibility index (Phi) is 2.57. The Morgan fingerprint density at radius 3 is 2.35 bits per heavy atom. The first-order chi connectivity index (χ1) is 8.09. The molecule has 2 rings (SSSR count). The fraction of sp³-hybridized carbons (Fsp3) is 0. The quantitative estimate of drug-likeness (QED) is 0.724. The first-order valence-corrected chi connectivity index (χ1v) is 4.56. The Morgan fingerprint density at radius 2 is 1.82 bits per heavy atom. The van der Waals surface area contributed by atoms with Gasteiger partial charge in [0.25, 0.3) is 0 Å². The average Bonchev–Trinajstić information content (AvgIpc) is 2.81. The molecule has 0 aliphatic heterocycles. The van der Waals surface area contributed by atoms with Crippen molar-refractivity contribution in [2.45, 2.75) is 0 Å². The molecular weight excluding hydrogens is 226 g/mol. The monoisotopic (exact) mass is 233 g/mol. The van der Waals surface area contributed by atoms with Gasteiger partial charge in [-0.15, -0.1) is 0 Å². The molecule has 0 aliphatic carbocycles. The number of carbonyl (C=O) groups is 2. The van der Waals surface area contributed by atoms with Crippen LogP contribution in [0.3, 0.4) is 0 Å². The maximum atomic E-state index is 10.9. The number of carboxylic acid groups (broad SMARTS) is 2. The zero-order valence-electron chi connectivity index (χ0n) is 8.41. The van der Waals surface area contributed by atoms with E-state index in [9.17, 15) is 9.59 Å². The molecule has 1 aromatic heterocycles. The van der Waals surface area contributed by atoms with E-state index in [-0.39, 0.29) is 11.1 Å². The maximum absolute atomic E-state index is 10.9. The van der Waals surface area contributed by atoms with Crippen molar-refractivity contribution in [3.63, 3.8) is 0 Å². The predicted octanol–water partition coefficient (Wildman–Crippen LogP) is 0.868. The molecule has 3 N–H and O–H groups in total. The Morgan fingerprint density at radius 1 is 1.12 bits per heavy atom. The van der Waals surface area contributed by atoms with E-state index in [2.05, 4.69) is 15.4 Å². The third kappa shape index (κ3) is 1.98. The molecule has 2 aromatic rings. The number of hydrogen-bond donors (Lipinski definition) is 3. The van der Waals surface area contributed by atoms with Crippen molar-refractivity contribution < 1.29 is 19.8 Å². The van der Waals surface area contributed by atoms with Crippen LogP contribution in [-0.2, 0) is 0 Å². The van der Waals surface area contributed by atoms with Gasteiger partial charge in [0.1, 0.15) is 5.69 Å². The Bertz CT molecular complexity index is 577. The van der Waals surface area contributed by atoms with E-state index in [0.717, 1.165) is 0 Å². The van der Waals surface area contributed by atoms with Gasteiger partial charge in [0, 0.05) is 5.56 Å². The topological polar surface area (TPSA) is 116 Å². The van der Waals surface area contributed by atoms with E-state index in [1.54, 1.807) is 0 Å². The molecule has 0 unspecified atom stereocenters. The van der Waals surface area contributed by atoms with Gasteiger partial charge in [-0.25, -0.2) is 9.59 Å². The summed E-state index contributed by atoms with van der Waals surface area (Å²) in [7, 11) is 0. The van der Waals surface area contributed by atoms with E-state index >= 15 is 0 Å². The summed E-state index contributed by atoms with van der Waals surface area (Å²) in [6, 6.07) is 3.97. The fourth-order valence-electron chi connectivity index (χ4n) is 1.41. The Balaban J connectivity index is 2.57. The van der Waals surface area contributed by atoms with Crippen LogP contribution in [0.2, 0.25) is 0 Å². The van der Waals surface area contributed by atoms with Crippen LogP contribution in [-0.4, -0.2) is 37.6 Å². The molecule has 0 saturated carbocycles. The lowest BCUT2D eigenvalue weighted by atomic mass is 10.0. The highest BCUT2D eigenvalue weighted by atomic mass is 16.4. The maximum Gasteiger partial charge on any atom is 0.336 e. The lowest BCUT2D eigenvalue weighted by Crippen LogP contribution is -2.08. The molecule has 1 heterocycles. The molecule has 0 bridgehead atoms. The molecule has 0 atom stereocenters. The van der Waals surface area contributed by atoms with Crippen LogP contribution >= 0.6 is 0 Å². The van der Waals surface area contributed by atoms with E-state index < -0.39 is 11.9 Å². The molecule has 0 aliphatic rings. The molecular formula is C10H7N3O4. The minimum atomic E-state index is -1.30. The number of rotatable bonds is 3. The van der Waals surface area contributed by atoms with Gasteiger partial charge in [0.15, 0.2) is 0 Å². The Hall–Kier alpha value is -2.70. The molecule has 17 heavy (non-hydrogen) atoms. The smallest absolute Gasteiger partial charge is 0.336 e. The SMILES string of the molecule is O=C(O)c1ccc(-c2cn[nH]n2)cc1C(=O)O. The van der Waals surface area contributed by atoms with Crippen molar-refractivity contribution in [1.29, 1.82) is 0 Å². The molecule has 1 aromatic carbocycles. The first-order valence-electron chi connectivity index (χ1n) is 4.56. The van der Waals surface area contributed by atoms with Crippen molar-refractivity contribution >= 4 is 11.9 Å². The number of nitrogens with zero attached hydrogens (tertiary/aromatic N) is 2. The lowest BCUT2D eigenvalue weighted by Gasteiger charge is -2.03. The minimum Gasteiger partial charge on any atom is -0.478 e. The number of hydrogen-bond acceptors (Lipinski definition) is 4. The van der Waals surface area contributed by atoms with Gasteiger partial charge in [-0.1, -0.05) is 6.07 Å². The highest BCUT2D eigenvalue weighted by Crippen LogP contribution is 2.20. The van der Waals surface area contributed by atoms with Crippen LogP contribution in [0.5, 0.6) is 0 Å². The summed E-state index contributed by atoms with van der Waals surface area (Å²) in [5, 5.41) is 27.5. The van der Waals surface area contributed by atoms with Gasteiger partial charge < -0.3 is 10.2 Å². The van der Waals surface area contributed by atoms with E-state index in [0.29, 0.717) is 11.3 Å². The van der Waals surface area contributed by atoms with Crippen molar-refractivity contribution in [2.24, 2.45) is 0 Å². The molecule has 0 amide bonds. The second-order valence-corrected chi connectivity index (χ2v) is 3.23. The molecule has 7 heteroatoms. The third-order valence-electron chi connectivity index (χ3n) is 2.19. The van der Waals surface area contributed by atoms with Crippen LogP contribution in [0.25, 0.3) is 11.3 Å². The van der Waals surface area contributed by atoms with Gasteiger partial charge in [-0.05, 0) is 12.1 Å². The fourth-order valence-corrected chi connectivity index (χ4v) is 1.41. The molecule has 7 nitrogen and oxygen atoms in total. The first kappa shape index (κ1) is 10.8. The number of aromatic amines is 1. The molecule has 0 fully saturated rings. The summed E-state index contributed by atoms with van der Waals surface area (Å²) in [5.41, 5.74) is 0.397. The number of aromatic carboxylic acids is 2. The van der Waals surface area contributed by atoms with Crippen molar-refractivity contribution in [3.05, 3.63) is 35.5 Å².